The SMILES string of the molecule is COCC1(CNC(=O)C2CSCN2C(=O)CC(C)(C)C)CCNCC1. The average molecular weight is 372 g/mol. The van der Waals surface area contributed by atoms with Gasteiger partial charge in [0, 0.05) is 31.2 Å². The number of carbonyl (C=O) groups is 2. The fourth-order valence-electron chi connectivity index (χ4n) is 3.49. The first kappa shape index (κ1) is 20.5. The van der Waals surface area contributed by atoms with Gasteiger partial charge < -0.3 is 20.3 Å². The maximum atomic E-state index is 12.7. The van der Waals surface area contributed by atoms with Crippen LogP contribution in [0.1, 0.15) is 40.0 Å². The van der Waals surface area contributed by atoms with Gasteiger partial charge in [-0.25, -0.2) is 0 Å². The number of nitrogens with one attached hydrogen (secondary N) is 2. The lowest BCUT2D eigenvalue weighted by Gasteiger charge is -2.37. The van der Waals surface area contributed by atoms with Gasteiger partial charge in [0.05, 0.1) is 12.5 Å². The quantitative estimate of drug-likeness (QED) is 0.740. The normalized spacial score (nSPS) is 23.5. The Balaban J connectivity index is 1.93. The monoisotopic (exact) mass is 371 g/mol. The smallest absolute Gasteiger partial charge is 0.243 e. The standard InChI is InChI=1S/C18H33N3O3S/c1-17(2,3)9-15(22)21-13-25-10-14(21)16(23)20-11-18(12-24-4)5-7-19-8-6-18/h14,19H,5-13H2,1-4H3,(H,20,23). The van der Waals surface area contributed by atoms with Gasteiger partial charge in [-0.3, -0.25) is 9.59 Å². The second-order valence-corrected chi connectivity index (χ2v) is 9.52. The van der Waals surface area contributed by atoms with Crippen LogP contribution in [0.5, 0.6) is 0 Å². The third-order valence-electron chi connectivity index (χ3n) is 4.94. The number of hydrogen-bond donors (Lipinski definition) is 2. The molecule has 7 heteroatoms. The molecule has 1 atom stereocenters. The number of carbonyl (C=O) groups excluding carboxylic acids is 2. The summed E-state index contributed by atoms with van der Waals surface area (Å²) in [6.07, 6.45) is 2.46. The van der Waals surface area contributed by atoms with Crippen LogP contribution < -0.4 is 10.6 Å². The van der Waals surface area contributed by atoms with Gasteiger partial charge in [0.15, 0.2) is 0 Å². The first-order valence-corrected chi connectivity index (χ1v) is 10.3. The fraction of sp³-hybridized carbons (Fsp3) is 0.889. The van der Waals surface area contributed by atoms with Crippen molar-refractivity contribution in [2.45, 2.75) is 46.1 Å². The lowest BCUT2D eigenvalue weighted by molar-refractivity contribution is -0.139. The van der Waals surface area contributed by atoms with E-state index in [0.29, 0.717) is 31.2 Å². The van der Waals surface area contributed by atoms with Gasteiger partial charge in [0.25, 0.3) is 0 Å². The molecule has 0 bridgehead atoms. The van der Waals surface area contributed by atoms with E-state index in [9.17, 15) is 9.59 Å². The van der Waals surface area contributed by atoms with E-state index in [4.69, 9.17) is 4.74 Å². The number of methoxy groups -OCH3 is 1. The molecule has 25 heavy (non-hydrogen) atoms. The van der Waals surface area contributed by atoms with Crippen LogP contribution in [0.25, 0.3) is 0 Å². The highest BCUT2D eigenvalue weighted by Crippen LogP contribution is 2.29. The van der Waals surface area contributed by atoms with Gasteiger partial charge in [-0.05, 0) is 31.3 Å². The number of rotatable bonds is 6. The maximum Gasteiger partial charge on any atom is 0.243 e. The van der Waals surface area contributed by atoms with Crippen molar-refractivity contribution in [1.82, 2.24) is 15.5 Å². The number of thioether (sulfide) groups is 1. The average Bonchev–Trinajstić information content (AvgIpc) is 3.02. The maximum absolute atomic E-state index is 12.7. The van der Waals surface area contributed by atoms with Crippen molar-refractivity contribution in [3.8, 4) is 0 Å². The van der Waals surface area contributed by atoms with Gasteiger partial charge in [-0.15, -0.1) is 11.8 Å². The molecule has 0 aliphatic carbocycles. The molecule has 0 aromatic carbocycles. The minimum Gasteiger partial charge on any atom is -0.384 e. The fourth-order valence-corrected chi connectivity index (χ4v) is 4.67. The van der Waals surface area contributed by atoms with Crippen molar-refractivity contribution in [2.24, 2.45) is 10.8 Å². The summed E-state index contributed by atoms with van der Waals surface area (Å²) >= 11 is 1.65. The highest BCUT2D eigenvalue weighted by molar-refractivity contribution is 7.99. The predicted molar refractivity (Wildman–Crippen MR) is 101 cm³/mol. The summed E-state index contributed by atoms with van der Waals surface area (Å²) in [5.74, 6) is 1.34. The van der Waals surface area contributed by atoms with Gasteiger partial charge in [-0.1, -0.05) is 20.8 Å². The molecule has 144 valence electrons. The van der Waals surface area contributed by atoms with Crippen LogP contribution in [-0.2, 0) is 14.3 Å². The Morgan fingerprint density at radius 1 is 1.32 bits per heavy atom. The largest absolute Gasteiger partial charge is 0.384 e. The molecule has 2 fully saturated rings. The Hall–Kier alpha value is -0.790. The Kier molecular flexibility index (Phi) is 7.17. The van der Waals surface area contributed by atoms with Gasteiger partial charge in [0.2, 0.25) is 11.8 Å². The van der Waals surface area contributed by atoms with Crippen molar-refractivity contribution in [1.29, 1.82) is 0 Å². The summed E-state index contributed by atoms with van der Waals surface area (Å²) in [5.41, 5.74) is -0.0648. The van der Waals surface area contributed by atoms with E-state index in [-0.39, 0.29) is 28.7 Å². The molecule has 6 nitrogen and oxygen atoms in total. The lowest BCUT2D eigenvalue weighted by atomic mass is 9.79. The Morgan fingerprint density at radius 3 is 2.60 bits per heavy atom. The number of nitrogens with zero attached hydrogens (tertiary/aromatic N) is 1. The zero-order valence-corrected chi connectivity index (χ0v) is 16.8. The van der Waals surface area contributed by atoms with Crippen LogP contribution in [-0.4, -0.2) is 67.7 Å². The molecule has 2 aliphatic heterocycles. The van der Waals surface area contributed by atoms with Gasteiger partial charge in [-0.2, -0.15) is 0 Å². The van der Waals surface area contributed by atoms with Crippen molar-refractivity contribution >= 4 is 23.6 Å². The highest BCUT2D eigenvalue weighted by atomic mass is 32.2. The van der Waals surface area contributed by atoms with Crippen LogP contribution in [0.15, 0.2) is 0 Å². The first-order chi connectivity index (χ1) is 11.8. The Labute approximate surface area is 155 Å². The Morgan fingerprint density at radius 2 is 2.00 bits per heavy atom. The lowest BCUT2D eigenvalue weighted by Crippen LogP contribution is -2.52. The summed E-state index contributed by atoms with van der Waals surface area (Å²) in [4.78, 5) is 27.0. The number of amides is 2. The van der Waals surface area contributed by atoms with Gasteiger partial charge >= 0.3 is 0 Å². The van der Waals surface area contributed by atoms with E-state index in [2.05, 4.69) is 31.4 Å². The summed E-state index contributed by atoms with van der Waals surface area (Å²) in [6.45, 7) is 9.33. The summed E-state index contributed by atoms with van der Waals surface area (Å²) in [6, 6.07) is -0.346. The Bertz CT molecular complexity index is 467. The molecule has 0 aromatic heterocycles. The molecule has 2 saturated heterocycles. The van der Waals surface area contributed by atoms with E-state index >= 15 is 0 Å². The van der Waals surface area contributed by atoms with Gasteiger partial charge in [0.1, 0.15) is 6.04 Å². The van der Waals surface area contributed by atoms with Crippen molar-refractivity contribution in [3.63, 3.8) is 0 Å². The van der Waals surface area contributed by atoms with E-state index in [1.165, 1.54) is 0 Å². The molecule has 0 saturated carbocycles. The molecule has 1 unspecified atom stereocenters. The van der Waals surface area contributed by atoms with Crippen LogP contribution >= 0.6 is 11.8 Å². The molecule has 2 aliphatic rings. The molecule has 2 amide bonds. The number of hydrogen-bond acceptors (Lipinski definition) is 5. The molecule has 2 rings (SSSR count). The van der Waals surface area contributed by atoms with Crippen molar-refractivity contribution in [2.75, 3.05) is 45.0 Å². The van der Waals surface area contributed by atoms with Crippen molar-refractivity contribution in [3.05, 3.63) is 0 Å². The van der Waals surface area contributed by atoms with Crippen molar-refractivity contribution < 1.29 is 14.3 Å². The molecule has 2 N–H and O–H groups in total. The molecular formula is C18H33N3O3S. The molecule has 0 spiro atoms. The van der Waals surface area contributed by atoms with E-state index in [0.717, 1.165) is 25.9 Å². The minimum absolute atomic E-state index is 0.00164. The molecule has 0 radical (unpaired) electrons. The second-order valence-electron chi connectivity index (χ2n) is 8.52. The third kappa shape index (κ3) is 5.86. The molecular weight excluding hydrogens is 338 g/mol. The van der Waals surface area contributed by atoms with Crippen LogP contribution in [0.4, 0.5) is 0 Å². The van der Waals surface area contributed by atoms with Crippen LogP contribution in [0.3, 0.4) is 0 Å². The second kappa shape index (κ2) is 8.73. The van der Waals surface area contributed by atoms with E-state index in [1.807, 2.05) is 0 Å². The van der Waals surface area contributed by atoms with E-state index in [1.54, 1.807) is 23.8 Å². The zero-order chi connectivity index (χ0) is 18.5. The number of ether oxygens (including phenoxy) is 1. The zero-order valence-electron chi connectivity index (χ0n) is 16.0. The van der Waals surface area contributed by atoms with E-state index < -0.39 is 0 Å². The number of piperidine rings is 1. The first-order valence-electron chi connectivity index (χ1n) is 9.11. The summed E-state index contributed by atoms with van der Waals surface area (Å²) in [5, 5.41) is 6.47. The third-order valence-corrected chi connectivity index (χ3v) is 5.95. The summed E-state index contributed by atoms with van der Waals surface area (Å²) < 4.78 is 5.41. The minimum atomic E-state index is -0.346. The highest BCUT2D eigenvalue weighted by Gasteiger charge is 2.38. The van der Waals surface area contributed by atoms with Crippen LogP contribution in [0.2, 0.25) is 0 Å². The van der Waals surface area contributed by atoms with Crippen LogP contribution in [0, 0.1) is 10.8 Å². The molecule has 0 aromatic rings. The summed E-state index contributed by atoms with van der Waals surface area (Å²) in [7, 11) is 1.71. The topological polar surface area (TPSA) is 70.7 Å². The molecule has 2 heterocycles. The predicted octanol–water partition coefficient (Wildman–Crippen LogP) is 1.46.